The van der Waals surface area contributed by atoms with Gasteiger partial charge < -0.3 is 20.5 Å². The van der Waals surface area contributed by atoms with Gasteiger partial charge in [-0.15, -0.1) is 0 Å². The van der Waals surface area contributed by atoms with Gasteiger partial charge in [-0.2, -0.15) is 0 Å². The van der Waals surface area contributed by atoms with E-state index in [4.69, 9.17) is 15.6 Å². The number of ether oxygens (including phenoxy) is 1. The lowest BCUT2D eigenvalue weighted by atomic mass is 10.1. The molecule has 2 rings (SSSR count). The van der Waals surface area contributed by atoms with Crippen LogP contribution in [0.4, 0.5) is 9.18 Å². The fourth-order valence-electron chi connectivity index (χ4n) is 2.03. The van der Waals surface area contributed by atoms with Crippen molar-refractivity contribution in [3.8, 4) is 5.88 Å². The van der Waals surface area contributed by atoms with E-state index in [1.165, 1.54) is 12.3 Å². The molecule has 0 aromatic carbocycles. The third-order valence-electron chi connectivity index (χ3n) is 3.10. The van der Waals surface area contributed by atoms with Gasteiger partial charge in [0.2, 0.25) is 5.88 Å². The third kappa shape index (κ3) is 3.60. The average Bonchev–Trinajstić information content (AvgIpc) is 2.42. The minimum Gasteiger partial charge on any atom is -0.471 e. The average molecular weight is 362 g/mol. The summed E-state index contributed by atoms with van der Waals surface area (Å²) in [5.41, 5.74) is 5.26. The van der Waals surface area contributed by atoms with E-state index in [9.17, 15) is 14.0 Å². The Morgan fingerprint density at radius 2 is 2.29 bits per heavy atom. The second-order valence-corrected chi connectivity index (χ2v) is 5.48. The molecule has 2 atom stereocenters. The molecule has 9 heteroatoms. The summed E-state index contributed by atoms with van der Waals surface area (Å²) in [6.45, 7) is -0.120. The Balaban J connectivity index is 2.12. The first-order chi connectivity index (χ1) is 9.88. The zero-order valence-corrected chi connectivity index (χ0v) is 12.4. The molecular weight excluding hydrogens is 349 g/mol. The molecule has 114 valence electrons. The molecule has 21 heavy (non-hydrogen) atoms. The molecule has 1 fully saturated rings. The Morgan fingerprint density at radius 3 is 2.86 bits per heavy atom. The Labute approximate surface area is 128 Å². The molecule has 1 aliphatic rings. The van der Waals surface area contributed by atoms with Gasteiger partial charge >= 0.3 is 6.09 Å². The van der Waals surface area contributed by atoms with Crippen molar-refractivity contribution in [2.24, 2.45) is 5.73 Å². The van der Waals surface area contributed by atoms with Crippen LogP contribution < -0.4 is 10.5 Å². The lowest BCUT2D eigenvalue weighted by Gasteiger charge is -2.32. The number of amides is 2. The van der Waals surface area contributed by atoms with Crippen LogP contribution in [0.25, 0.3) is 0 Å². The molecule has 0 spiro atoms. The first kappa shape index (κ1) is 15.5. The zero-order chi connectivity index (χ0) is 15.6. The first-order valence-corrected chi connectivity index (χ1v) is 6.91. The van der Waals surface area contributed by atoms with E-state index in [1.54, 1.807) is 0 Å². The van der Waals surface area contributed by atoms with Gasteiger partial charge in [0.05, 0.1) is 6.54 Å². The van der Waals surface area contributed by atoms with Gasteiger partial charge in [0.1, 0.15) is 11.7 Å². The van der Waals surface area contributed by atoms with Crippen molar-refractivity contribution in [2.75, 3.05) is 13.1 Å². The maximum absolute atomic E-state index is 14.0. The highest BCUT2D eigenvalue weighted by Gasteiger charge is 2.33. The second-order valence-electron chi connectivity index (χ2n) is 4.56. The molecule has 2 amide bonds. The van der Waals surface area contributed by atoms with Crippen molar-refractivity contribution in [2.45, 2.75) is 18.7 Å². The number of primary amides is 1. The molecule has 1 aromatic rings. The van der Waals surface area contributed by atoms with Gasteiger partial charge in [-0.1, -0.05) is 0 Å². The highest BCUT2D eigenvalue weighted by atomic mass is 79.9. The van der Waals surface area contributed by atoms with Crippen LogP contribution in [0.5, 0.6) is 5.88 Å². The number of hydrogen-bond acceptors (Lipinski definition) is 4. The van der Waals surface area contributed by atoms with Gasteiger partial charge in [-0.25, -0.2) is 14.2 Å². The fourth-order valence-corrected chi connectivity index (χ4v) is 2.36. The SMILES string of the molecule is NC(=O)c1cc(Br)cnc1O[C@@H]1CCN(C(=O)O)C[C@@H]1F. The van der Waals surface area contributed by atoms with Crippen LogP contribution in [-0.4, -0.2) is 52.4 Å². The fraction of sp³-hybridized carbons (Fsp3) is 0.417. The van der Waals surface area contributed by atoms with E-state index in [1.807, 2.05) is 0 Å². The molecule has 3 N–H and O–H groups in total. The summed E-state index contributed by atoms with van der Waals surface area (Å²) in [5, 5.41) is 8.82. The van der Waals surface area contributed by atoms with E-state index in [0.717, 1.165) is 4.90 Å². The maximum Gasteiger partial charge on any atom is 0.407 e. The highest BCUT2D eigenvalue weighted by molar-refractivity contribution is 9.10. The van der Waals surface area contributed by atoms with Crippen LogP contribution in [0.3, 0.4) is 0 Å². The van der Waals surface area contributed by atoms with Crippen LogP contribution in [0.1, 0.15) is 16.8 Å². The lowest BCUT2D eigenvalue weighted by molar-refractivity contribution is 0.0222. The van der Waals surface area contributed by atoms with Gasteiger partial charge in [-0.05, 0) is 22.0 Å². The summed E-state index contributed by atoms with van der Waals surface area (Å²) in [7, 11) is 0. The van der Waals surface area contributed by atoms with Crippen molar-refractivity contribution in [3.63, 3.8) is 0 Å². The molecule has 2 heterocycles. The van der Waals surface area contributed by atoms with Crippen molar-refractivity contribution < 1.29 is 23.8 Å². The highest BCUT2D eigenvalue weighted by Crippen LogP contribution is 2.24. The Kier molecular flexibility index (Phi) is 4.61. The number of halogens is 2. The number of likely N-dealkylation sites (tertiary alicyclic amines) is 1. The molecule has 0 saturated carbocycles. The van der Waals surface area contributed by atoms with Gasteiger partial charge in [-0.3, -0.25) is 4.79 Å². The summed E-state index contributed by atoms with van der Waals surface area (Å²) in [6, 6.07) is 1.43. The standard InChI is InChI=1S/C12H13BrFN3O4/c13-6-3-7(10(15)18)11(16-4-6)21-9-1-2-17(12(19)20)5-8(9)14/h3-4,8-9H,1-2,5H2,(H2,15,18)(H,19,20)/t8-,9+/m0/s1. The van der Waals surface area contributed by atoms with Crippen LogP contribution >= 0.6 is 15.9 Å². The molecule has 0 unspecified atom stereocenters. The predicted molar refractivity (Wildman–Crippen MR) is 74.0 cm³/mol. The molecule has 0 bridgehead atoms. The van der Waals surface area contributed by atoms with E-state index in [-0.39, 0.29) is 31.0 Å². The molecule has 0 aliphatic carbocycles. The molecule has 7 nitrogen and oxygen atoms in total. The van der Waals surface area contributed by atoms with Gasteiger partial charge in [0.15, 0.2) is 6.17 Å². The number of piperidine rings is 1. The number of rotatable bonds is 3. The van der Waals surface area contributed by atoms with Gasteiger partial charge in [0.25, 0.3) is 5.91 Å². The summed E-state index contributed by atoms with van der Waals surface area (Å²) < 4.78 is 19.9. The lowest BCUT2D eigenvalue weighted by Crippen LogP contribution is -2.49. The second kappa shape index (κ2) is 6.25. The Morgan fingerprint density at radius 1 is 1.57 bits per heavy atom. The number of alkyl halides is 1. The summed E-state index contributed by atoms with van der Waals surface area (Å²) >= 11 is 3.15. The molecule has 1 saturated heterocycles. The zero-order valence-electron chi connectivity index (χ0n) is 10.8. The molecular formula is C12H13BrFN3O4. The van der Waals surface area contributed by atoms with Crippen LogP contribution in [0, 0.1) is 0 Å². The quantitative estimate of drug-likeness (QED) is 0.846. The summed E-state index contributed by atoms with van der Waals surface area (Å²) in [4.78, 5) is 27.0. The Bertz CT molecular complexity index is 571. The minimum atomic E-state index is -1.50. The number of carbonyl (C=O) groups is 2. The molecule has 1 aliphatic heterocycles. The van der Waals surface area contributed by atoms with E-state index < -0.39 is 24.3 Å². The maximum atomic E-state index is 14.0. The molecule has 1 aromatic heterocycles. The van der Waals surface area contributed by atoms with Crippen molar-refractivity contribution >= 4 is 27.9 Å². The van der Waals surface area contributed by atoms with Crippen molar-refractivity contribution in [3.05, 3.63) is 22.3 Å². The van der Waals surface area contributed by atoms with E-state index in [0.29, 0.717) is 4.47 Å². The van der Waals surface area contributed by atoms with Crippen molar-refractivity contribution in [1.82, 2.24) is 9.88 Å². The summed E-state index contributed by atoms with van der Waals surface area (Å²) in [6.07, 6.45) is -1.96. The topological polar surface area (TPSA) is 106 Å². The number of carboxylic acid groups (broad SMARTS) is 1. The molecule has 0 radical (unpaired) electrons. The normalized spacial score (nSPS) is 21.9. The summed E-state index contributed by atoms with van der Waals surface area (Å²) in [5.74, 6) is -0.792. The monoisotopic (exact) mass is 361 g/mol. The first-order valence-electron chi connectivity index (χ1n) is 6.12. The smallest absolute Gasteiger partial charge is 0.407 e. The van der Waals surface area contributed by atoms with E-state index >= 15 is 0 Å². The number of carbonyl (C=O) groups excluding carboxylic acids is 1. The number of aromatic nitrogens is 1. The van der Waals surface area contributed by atoms with Crippen LogP contribution in [0.15, 0.2) is 16.7 Å². The van der Waals surface area contributed by atoms with Crippen LogP contribution in [0.2, 0.25) is 0 Å². The number of nitrogens with zero attached hydrogens (tertiary/aromatic N) is 2. The largest absolute Gasteiger partial charge is 0.471 e. The third-order valence-corrected chi connectivity index (χ3v) is 3.53. The minimum absolute atomic E-state index is 0.0391. The number of pyridine rings is 1. The van der Waals surface area contributed by atoms with Crippen molar-refractivity contribution in [1.29, 1.82) is 0 Å². The number of hydrogen-bond donors (Lipinski definition) is 2. The Hall–Kier alpha value is -1.90. The predicted octanol–water partition coefficient (Wildman–Crippen LogP) is 1.41. The van der Waals surface area contributed by atoms with E-state index in [2.05, 4.69) is 20.9 Å². The number of nitrogens with two attached hydrogens (primary N) is 1. The van der Waals surface area contributed by atoms with Crippen LogP contribution in [-0.2, 0) is 0 Å². The van der Waals surface area contributed by atoms with Gasteiger partial charge in [0, 0.05) is 23.6 Å².